The molecular weight excluding hydrogens is 359 g/mol. The van der Waals surface area contributed by atoms with Crippen molar-refractivity contribution in [2.75, 3.05) is 51.3 Å². The first-order valence-corrected chi connectivity index (χ1v) is 9.38. The van der Waals surface area contributed by atoms with Crippen molar-refractivity contribution in [3.63, 3.8) is 0 Å². The number of carbonyl (C=O) groups excluding carboxylic acids is 1. The van der Waals surface area contributed by atoms with Crippen LogP contribution in [0.25, 0.3) is 0 Å². The predicted molar refractivity (Wildman–Crippen MR) is 96.4 cm³/mol. The van der Waals surface area contributed by atoms with Crippen LogP contribution in [-0.4, -0.2) is 67.8 Å². The maximum absolute atomic E-state index is 12.9. The molecule has 0 unspecified atom stereocenters. The van der Waals surface area contributed by atoms with Crippen molar-refractivity contribution in [3.05, 3.63) is 29.8 Å². The zero-order valence-electron chi connectivity index (χ0n) is 15.3. The zero-order valence-corrected chi connectivity index (χ0v) is 15.3. The normalized spacial score (nSPS) is 22.6. The van der Waals surface area contributed by atoms with E-state index in [1.54, 1.807) is 4.90 Å². The topological polar surface area (TPSA) is 44.8 Å². The van der Waals surface area contributed by atoms with Gasteiger partial charge in [-0.2, -0.15) is 13.2 Å². The number of hydrogen-bond acceptors (Lipinski definition) is 4. The van der Waals surface area contributed by atoms with E-state index in [9.17, 15) is 18.0 Å². The lowest BCUT2D eigenvalue weighted by molar-refractivity contribution is -0.186. The van der Waals surface area contributed by atoms with Crippen LogP contribution in [0.5, 0.6) is 0 Å². The minimum absolute atomic E-state index is 0.0118. The van der Waals surface area contributed by atoms with Crippen molar-refractivity contribution in [1.29, 1.82) is 0 Å². The number of morpholine rings is 1. The number of piperidine rings is 1. The molecule has 3 rings (SSSR count). The van der Waals surface area contributed by atoms with Crippen LogP contribution >= 0.6 is 0 Å². The van der Waals surface area contributed by atoms with Crippen molar-refractivity contribution >= 4 is 11.6 Å². The first kappa shape index (κ1) is 20.1. The Morgan fingerprint density at radius 3 is 2.48 bits per heavy atom. The van der Waals surface area contributed by atoms with E-state index in [1.807, 2.05) is 24.3 Å². The number of anilines is 1. The number of nitrogens with zero attached hydrogens (tertiary/aromatic N) is 2. The third-order valence-electron chi connectivity index (χ3n) is 5.08. The van der Waals surface area contributed by atoms with Gasteiger partial charge in [0.2, 0.25) is 5.91 Å². The Hall–Kier alpha value is -1.64. The number of alkyl halides is 3. The fraction of sp³-hybridized carbons (Fsp3) is 0.632. The van der Waals surface area contributed by atoms with Gasteiger partial charge in [0.25, 0.3) is 0 Å². The first-order valence-electron chi connectivity index (χ1n) is 9.38. The molecule has 8 heteroatoms. The highest BCUT2D eigenvalue weighted by molar-refractivity contribution is 5.92. The largest absolute Gasteiger partial charge is 0.393 e. The van der Waals surface area contributed by atoms with Gasteiger partial charge in [0.05, 0.1) is 25.7 Å². The summed E-state index contributed by atoms with van der Waals surface area (Å²) < 4.78 is 43.9. The van der Waals surface area contributed by atoms with Crippen molar-refractivity contribution in [1.82, 2.24) is 9.80 Å². The minimum Gasteiger partial charge on any atom is -0.379 e. The van der Waals surface area contributed by atoms with Gasteiger partial charge in [0.1, 0.15) is 0 Å². The third kappa shape index (κ3) is 6.19. The fourth-order valence-electron chi connectivity index (χ4n) is 3.58. The molecule has 2 saturated heterocycles. The number of hydrogen-bond donors (Lipinski definition) is 1. The Balaban J connectivity index is 1.46. The second-order valence-corrected chi connectivity index (χ2v) is 7.25. The van der Waals surface area contributed by atoms with Crippen molar-refractivity contribution in [3.8, 4) is 0 Å². The van der Waals surface area contributed by atoms with E-state index in [0.717, 1.165) is 38.4 Å². The number of rotatable bonds is 5. The monoisotopic (exact) mass is 385 g/mol. The van der Waals surface area contributed by atoms with Crippen molar-refractivity contribution in [2.45, 2.75) is 25.6 Å². The van der Waals surface area contributed by atoms with Crippen LogP contribution in [0, 0.1) is 5.92 Å². The molecule has 2 fully saturated rings. The molecular formula is C19H26F3N3O2. The van der Waals surface area contributed by atoms with E-state index < -0.39 is 12.1 Å². The lowest BCUT2D eigenvalue weighted by atomic mass is 9.97. The number of likely N-dealkylation sites (tertiary alicyclic amines) is 1. The number of ether oxygens (including phenoxy) is 1. The molecule has 1 atom stereocenters. The molecule has 0 radical (unpaired) electrons. The molecule has 1 N–H and O–H groups in total. The number of nitrogens with one attached hydrogen (secondary N) is 1. The van der Waals surface area contributed by atoms with Crippen LogP contribution in [-0.2, 0) is 16.1 Å². The van der Waals surface area contributed by atoms with Gasteiger partial charge in [-0.1, -0.05) is 12.1 Å². The lowest BCUT2D eigenvalue weighted by Gasteiger charge is -2.33. The summed E-state index contributed by atoms with van der Waals surface area (Å²) in [5, 5.41) is 2.78. The quantitative estimate of drug-likeness (QED) is 0.847. The Morgan fingerprint density at radius 1 is 1.11 bits per heavy atom. The van der Waals surface area contributed by atoms with Gasteiger partial charge in [0.15, 0.2) is 0 Å². The first-order chi connectivity index (χ1) is 12.9. The molecule has 0 aromatic heterocycles. The van der Waals surface area contributed by atoms with Gasteiger partial charge in [-0.25, -0.2) is 0 Å². The summed E-state index contributed by atoms with van der Waals surface area (Å²) in [6.07, 6.45) is -3.58. The molecule has 0 aliphatic carbocycles. The molecule has 0 saturated carbocycles. The Labute approximate surface area is 157 Å². The van der Waals surface area contributed by atoms with E-state index >= 15 is 0 Å². The van der Waals surface area contributed by atoms with Gasteiger partial charge in [0, 0.05) is 31.9 Å². The van der Waals surface area contributed by atoms with Crippen LogP contribution < -0.4 is 5.32 Å². The summed E-state index contributed by atoms with van der Waals surface area (Å²) in [6, 6.07) is 7.60. The molecule has 1 aromatic rings. The van der Waals surface area contributed by atoms with E-state index in [2.05, 4.69) is 10.2 Å². The standard InChI is InChI=1S/C19H26F3N3O2/c20-19(21,22)16-2-1-7-25(13-16)14-18(26)23-17-5-3-15(4-6-17)12-24-8-10-27-11-9-24/h3-6,16H,1-2,7-14H2,(H,23,26)/t16-/m0/s1. The molecule has 2 heterocycles. The van der Waals surface area contributed by atoms with Gasteiger partial charge in [-0.15, -0.1) is 0 Å². The molecule has 1 aromatic carbocycles. The summed E-state index contributed by atoms with van der Waals surface area (Å²) in [5.74, 6) is -1.61. The second kappa shape index (κ2) is 9.03. The van der Waals surface area contributed by atoms with Crippen LogP contribution in [0.15, 0.2) is 24.3 Å². The average Bonchev–Trinajstić information content (AvgIpc) is 2.64. The molecule has 2 aliphatic rings. The van der Waals surface area contributed by atoms with E-state index in [4.69, 9.17) is 4.74 Å². The van der Waals surface area contributed by atoms with E-state index in [0.29, 0.717) is 18.7 Å². The molecule has 0 spiro atoms. The van der Waals surface area contributed by atoms with E-state index in [-0.39, 0.29) is 25.4 Å². The van der Waals surface area contributed by atoms with Gasteiger partial charge in [-0.05, 0) is 37.1 Å². The third-order valence-corrected chi connectivity index (χ3v) is 5.08. The van der Waals surface area contributed by atoms with Crippen LogP contribution in [0.3, 0.4) is 0 Å². The van der Waals surface area contributed by atoms with Gasteiger partial charge in [-0.3, -0.25) is 14.6 Å². The van der Waals surface area contributed by atoms with Crippen molar-refractivity contribution < 1.29 is 22.7 Å². The lowest BCUT2D eigenvalue weighted by Crippen LogP contribution is -2.44. The highest BCUT2D eigenvalue weighted by Gasteiger charge is 2.41. The summed E-state index contributed by atoms with van der Waals surface area (Å²) in [6.45, 7) is 4.57. The van der Waals surface area contributed by atoms with Crippen molar-refractivity contribution in [2.24, 2.45) is 5.92 Å². The summed E-state index contributed by atoms with van der Waals surface area (Å²) in [7, 11) is 0. The fourth-order valence-corrected chi connectivity index (χ4v) is 3.58. The number of amides is 1. The zero-order chi connectivity index (χ0) is 19.3. The molecule has 27 heavy (non-hydrogen) atoms. The smallest absolute Gasteiger partial charge is 0.379 e. The van der Waals surface area contributed by atoms with Crippen LogP contribution in [0.2, 0.25) is 0 Å². The SMILES string of the molecule is O=C(CN1CCC[C@H](C(F)(F)F)C1)Nc1ccc(CN2CCOCC2)cc1. The maximum atomic E-state index is 12.9. The molecule has 150 valence electrons. The number of benzene rings is 1. The molecule has 2 aliphatic heterocycles. The number of carbonyl (C=O) groups is 1. The van der Waals surface area contributed by atoms with Gasteiger partial charge < -0.3 is 10.1 Å². The molecule has 5 nitrogen and oxygen atoms in total. The number of halogens is 3. The summed E-state index contributed by atoms with van der Waals surface area (Å²) >= 11 is 0. The predicted octanol–water partition coefficient (Wildman–Crippen LogP) is 2.73. The Bertz CT molecular complexity index is 616. The van der Waals surface area contributed by atoms with E-state index in [1.165, 1.54) is 0 Å². The molecule has 0 bridgehead atoms. The van der Waals surface area contributed by atoms with Crippen LogP contribution in [0.1, 0.15) is 18.4 Å². The molecule has 1 amide bonds. The Morgan fingerprint density at radius 2 is 1.81 bits per heavy atom. The highest BCUT2D eigenvalue weighted by atomic mass is 19.4. The maximum Gasteiger partial charge on any atom is 0.393 e. The summed E-state index contributed by atoms with van der Waals surface area (Å²) in [4.78, 5) is 16.1. The second-order valence-electron chi connectivity index (χ2n) is 7.25. The highest BCUT2D eigenvalue weighted by Crippen LogP contribution is 2.32. The Kier molecular flexibility index (Phi) is 6.73. The van der Waals surface area contributed by atoms with Crippen LogP contribution in [0.4, 0.5) is 18.9 Å². The van der Waals surface area contributed by atoms with Gasteiger partial charge >= 0.3 is 6.18 Å². The average molecular weight is 385 g/mol. The summed E-state index contributed by atoms with van der Waals surface area (Å²) in [5.41, 5.74) is 1.81. The minimum atomic E-state index is -4.19.